The predicted molar refractivity (Wildman–Crippen MR) is 116 cm³/mol. The molecule has 0 radical (unpaired) electrons. The molecule has 0 spiro atoms. The highest BCUT2D eigenvalue weighted by molar-refractivity contribution is 6.05. The van der Waals surface area contributed by atoms with Crippen LogP contribution in [0.15, 0.2) is 54.7 Å². The summed E-state index contributed by atoms with van der Waals surface area (Å²) in [4.78, 5) is 22.4. The summed E-state index contributed by atoms with van der Waals surface area (Å²) in [6.45, 7) is 5.29. The van der Waals surface area contributed by atoms with Crippen molar-refractivity contribution in [3.63, 3.8) is 0 Å². The van der Waals surface area contributed by atoms with Crippen LogP contribution in [0.2, 0.25) is 0 Å². The lowest BCUT2D eigenvalue weighted by molar-refractivity contribution is 0.0320. The zero-order valence-electron chi connectivity index (χ0n) is 17.3. The molecule has 7 heteroatoms. The van der Waals surface area contributed by atoms with Gasteiger partial charge in [0.1, 0.15) is 0 Å². The van der Waals surface area contributed by atoms with Gasteiger partial charge in [0.05, 0.1) is 24.3 Å². The quantitative estimate of drug-likeness (QED) is 0.612. The molecule has 1 aromatic heterocycles. The van der Waals surface area contributed by atoms with E-state index in [1.165, 1.54) is 0 Å². The molecular formula is C24H25N3O4. The second-order valence-electron chi connectivity index (χ2n) is 7.71. The van der Waals surface area contributed by atoms with Crippen LogP contribution in [-0.4, -0.2) is 66.9 Å². The third-order valence-corrected chi connectivity index (χ3v) is 5.78. The van der Waals surface area contributed by atoms with E-state index < -0.39 is 0 Å². The number of aromatic nitrogens is 1. The number of para-hydroxylation sites is 2. The number of fused-ring (bicyclic) bond motifs is 2. The molecule has 1 fully saturated rings. The smallest absolute Gasteiger partial charge is 0.256 e. The first-order chi connectivity index (χ1) is 15.3. The molecule has 1 saturated heterocycles. The standard InChI is InChI=1S/C24H25N3O4/c28-24(20-7-1-4-18-6-3-9-25-22(18)20)27(11-10-26-12-14-29-15-13-26)16-19-5-2-8-21-23(19)31-17-30-21/h1-9H,10-17H2. The summed E-state index contributed by atoms with van der Waals surface area (Å²) < 4.78 is 16.7. The van der Waals surface area contributed by atoms with E-state index in [0.717, 1.165) is 60.8 Å². The number of pyridine rings is 1. The van der Waals surface area contributed by atoms with Crippen molar-refractivity contribution in [1.82, 2.24) is 14.8 Å². The summed E-state index contributed by atoms with van der Waals surface area (Å²) in [5.41, 5.74) is 2.28. The maximum atomic E-state index is 13.7. The first kappa shape index (κ1) is 19.8. The molecule has 7 nitrogen and oxygen atoms in total. The van der Waals surface area contributed by atoms with Crippen LogP contribution in [0.4, 0.5) is 0 Å². The molecular weight excluding hydrogens is 394 g/mol. The Morgan fingerprint density at radius 1 is 1.03 bits per heavy atom. The van der Waals surface area contributed by atoms with Crippen LogP contribution < -0.4 is 9.47 Å². The number of hydrogen-bond donors (Lipinski definition) is 0. The van der Waals surface area contributed by atoms with Gasteiger partial charge in [-0.25, -0.2) is 0 Å². The molecule has 2 aliphatic heterocycles. The predicted octanol–water partition coefficient (Wildman–Crippen LogP) is 2.94. The Balaban J connectivity index is 1.44. The van der Waals surface area contributed by atoms with Gasteiger partial charge in [-0.3, -0.25) is 14.7 Å². The average Bonchev–Trinajstić information content (AvgIpc) is 3.31. The van der Waals surface area contributed by atoms with Crippen LogP contribution in [0.25, 0.3) is 10.9 Å². The molecule has 0 aliphatic carbocycles. The lowest BCUT2D eigenvalue weighted by Gasteiger charge is -2.30. The molecule has 0 N–H and O–H groups in total. The van der Waals surface area contributed by atoms with Gasteiger partial charge in [-0.15, -0.1) is 0 Å². The van der Waals surface area contributed by atoms with Gasteiger partial charge in [-0.1, -0.05) is 30.3 Å². The number of nitrogens with zero attached hydrogens (tertiary/aromatic N) is 3. The third kappa shape index (κ3) is 4.19. The Hall–Kier alpha value is -3.16. The highest BCUT2D eigenvalue weighted by Crippen LogP contribution is 2.36. The fourth-order valence-electron chi connectivity index (χ4n) is 4.11. The second-order valence-corrected chi connectivity index (χ2v) is 7.71. The molecule has 0 saturated carbocycles. The molecule has 0 bridgehead atoms. The topological polar surface area (TPSA) is 64.1 Å². The van der Waals surface area contributed by atoms with Crippen molar-refractivity contribution < 1.29 is 19.0 Å². The SMILES string of the molecule is O=C(c1cccc2cccnc12)N(CCN1CCOCC1)Cc1cccc2c1OCO2. The Kier molecular flexibility index (Phi) is 5.69. The highest BCUT2D eigenvalue weighted by atomic mass is 16.7. The number of ether oxygens (including phenoxy) is 3. The van der Waals surface area contributed by atoms with E-state index in [2.05, 4.69) is 9.88 Å². The monoisotopic (exact) mass is 419 g/mol. The molecule has 5 rings (SSSR count). The normalized spacial score (nSPS) is 15.9. The van der Waals surface area contributed by atoms with Crippen LogP contribution >= 0.6 is 0 Å². The van der Waals surface area contributed by atoms with E-state index in [9.17, 15) is 4.79 Å². The van der Waals surface area contributed by atoms with E-state index in [0.29, 0.717) is 18.7 Å². The van der Waals surface area contributed by atoms with Gasteiger partial charge in [-0.05, 0) is 18.2 Å². The van der Waals surface area contributed by atoms with Crippen molar-refractivity contribution in [3.8, 4) is 11.5 Å². The Labute approximate surface area is 181 Å². The lowest BCUT2D eigenvalue weighted by Crippen LogP contribution is -2.43. The summed E-state index contributed by atoms with van der Waals surface area (Å²) in [7, 11) is 0. The van der Waals surface area contributed by atoms with Gasteiger partial charge in [0.2, 0.25) is 6.79 Å². The number of benzene rings is 2. The van der Waals surface area contributed by atoms with Crippen LogP contribution in [0.3, 0.4) is 0 Å². The van der Waals surface area contributed by atoms with Crippen LogP contribution in [-0.2, 0) is 11.3 Å². The summed E-state index contributed by atoms with van der Waals surface area (Å²) in [6, 6.07) is 15.4. The van der Waals surface area contributed by atoms with E-state index in [-0.39, 0.29) is 12.7 Å². The molecule has 31 heavy (non-hydrogen) atoms. The summed E-state index contributed by atoms with van der Waals surface area (Å²) in [5.74, 6) is 1.42. The van der Waals surface area contributed by atoms with Crippen LogP contribution in [0, 0.1) is 0 Å². The number of morpholine rings is 1. The van der Waals surface area contributed by atoms with Crippen molar-refractivity contribution in [1.29, 1.82) is 0 Å². The molecule has 1 amide bonds. The van der Waals surface area contributed by atoms with E-state index in [1.807, 2.05) is 53.4 Å². The zero-order chi connectivity index (χ0) is 21.0. The van der Waals surface area contributed by atoms with Crippen molar-refractivity contribution in [2.75, 3.05) is 46.2 Å². The van der Waals surface area contributed by atoms with Gasteiger partial charge in [0, 0.05) is 49.9 Å². The maximum absolute atomic E-state index is 13.7. The van der Waals surface area contributed by atoms with E-state index >= 15 is 0 Å². The first-order valence-electron chi connectivity index (χ1n) is 10.6. The summed E-state index contributed by atoms with van der Waals surface area (Å²) in [6.07, 6.45) is 1.73. The average molecular weight is 419 g/mol. The van der Waals surface area contributed by atoms with Gasteiger partial charge in [0.15, 0.2) is 11.5 Å². The van der Waals surface area contributed by atoms with Crippen molar-refractivity contribution in [2.24, 2.45) is 0 Å². The molecule has 0 atom stereocenters. The highest BCUT2D eigenvalue weighted by Gasteiger charge is 2.24. The minimum Gasteiger partial charge on any atom is -0.454 e. The first-order valence-corrected chi connectivity index (χ1v) is 10.6. The van der Waals surface area contributed by atoms with Gasteiger partial charge in [0.25, 0.3) is 5.91 Å². The Morgan fingerprint density at radius 3 is 2.77 bits per heavy atom. The summed E-state index contributed by atoms with van der Waals surface area (Å²) in [5, 5.41) is 0.957. The lowest BCUT2D eigenvalue weighted by atomic mass is 10.1. The molecule has 0 unspecified atom stereocenters. The van der Waals surface area contributed by atoms with E-state index in [1.54, 1.807) is 6.20 Å². The van der Waals surface area contributed by atoms with Gasteiger partial charge in [-0.2, -0.15) is 0 Å². The van der Waals surface area contributed by atoms with Crippen molar-refractivity contribution in [2.45, 2.75) is 6.54 Å². The number of rotatable bonds is 6. The molecule has 160 valence electrons. The number of amides is 1. The van der Waals surface area contributed by atoms with Gasteiger partial charge < -0.3 is 19.1 Å². The molecule has 3 heterocycles. The molecule has 3 aromatic rings. The van der Waals surface area contributed by atoms with E-state index in [4.69, 9.17) is 14.2 Å². The minimum atomic E-state index is -0.0333. The minimum absolute atomic E-state index is 0.0333. The second kappa shape index (κ2) is 8.91. The molecule has 2 aliphatic rings. The number of hydrogen-bond acceptors (Lipinski definition) is 6. The fraction of sp³-hybridized carbons (Fsp3) is 0.333. The number of carbonyl (C=O) groups excluding carboxylic acids is 1. The maximum Gasteiger partial charge on any atom is 0.256 e. The fourth-order valence-corrected chi connectivity index (χ4v) is 4.11. The number of carbonyl (C=O) groups is 1. The van der Waals surface area contributed by atoms with Crippen molar-refractivity contribution in [3.05, 3.63) is 65.9 Å². The third-order valence-electron chi connectivity index (χ3n) is 5.78. The van der Waals surface area contributed by atoms with Crippen LogP contribution in [0.5, 0.6) is 11.5 Å². The Bertz CT molecular complexity index is 1080. The molecule has 2 aromatic carbocycles. The zero-order valence-corrected chi connectivity index (χ0v) is 17.3. The van der Waals surface area contributed by atoms with Gasteiger partial charge >= 0.3 is 0 Å². The van der Waals surface area contributed by atoms with Crippen molar-refractivity contribution >= 4 is 16.8 Å². The largest absolute Gasteiger partial charge is 0.454 e. The Morgan fingerprint density at radius 2 is 1.87 bits per heavy atom. The summed E-state index contributed by atoms with van der Waals surface area (Å²) >= 11 is 0. The van der Waals surface area contributed by atoms with Crippen LogP contribution in [0.1, 0.15) is 15.9 Å².